The maximum absolute atomic E-state index is 5.22. The van der Waals surface area contributed by atoms with E-state index in [0.29, 0.717) is 5.92 Å². The van der Waals surface area contributed by atoms with Gasteiger partial charge in [-0.15, -0.1) is 0 Å². The van der Waals surface area contributed by atoms with Gasteiger partial charge in [-0.2, -0.15) is 0 Å². The molecule has 2 heteroatoms. The predicted octanol–water partition coefficient (Wildman–Crippen LogP) is 1.39. The van der Waals surface area contributed by atoms with Crippen molar-refractivity contribution in [3.63, 3.8) is 0 Å². The Balaban J connectivity index is 2.05. The molecule has 1 aliphatic rings. The van der Waals surface area contributed by atoms with Crippen molar-refractivity contribution in [3.05, 3.63) is 35.4 Å². The molecule has 2 rings (SSSR count). The van der Waals surface area contributed by atoms with Gasteiger partial charge in [-0.1, -0.05) is 24.3 Å². The average molecular weight is 174 g/mol. The molecule has 0 heterocycles. The van der Waals surface area contributed by atoms with Gasteiger partial charge in [-0.05, 0) is 29.9 Å². The highest BCUT2D eigenvalue weighted by atomic mass is 14.8. The quantitative estimate of drug-likeness (QED) is 0.534. The minimum atomic E-state index is 0.664. The summed E-state index contributed by atoms with van der Waals surface area (Å²) in [7, 11) is 0. The fourth-order valence-corrected chi connectivity index (χ4v) is 1.99. The van der Waals surface area contributed by atoms with E-state index in [1.807, 2.05) is 0 Å². The van der Waals surface area contributed by atoms with Crippen LogP contribution in [0.3, 0.4) is 0 Å². The summed E-state index contributed by atoms with van der Waals surface area (Å²) in [4.78, 5) is 4.09. The van der Waals surface area contributed by atoms with Crippen LogP contribution in [-0.4, -0.2) is 12.9 Å². The van der Waals surface area contributed by atoms with Gasteiger partial charge in [-0.3, -0.25) is 4.99 Å². The summed E-state index contributed by atoms with van der Waals surface area (Å²) in [5, 5.41) is 0. The lowest BCUT2D eigenvalue weighted by Gasteiger charge is -2.02. The van der Waals surface area contributed by atoms with Crippen molar-refractivity contribution in [3.8, 4) is 0 Å². The van der Waals surface area contributed by atoms with E-state index in [0.717, 1.165) is 19.4 Å². The third-order valence-corrected chi connectivity index (χ3v) is 2.60. The van der Waals surface area contributed by atoms with Crippen LogP contribution in [0.25, 0.3) is 0 Å². The molecule has 0 radical (unpaired) electrons. The van der Waals surface area contributed by atoms with Gasteiger partial charge in [0.15, 0.2) is 0 Å². The molecule has 1 aromatic carbocycles. The molecule has 0 saturated carbocycles. The van der Waals surface area contributed by atoms with Gasteiger partial charge in [0.2, 0.25) is 0 Å². The zero-order valence-corrected chi connectivity index (χ0v) is 7.61. The molecule has 0 saturated heterocycles. The topological polar surface area (TPSA) is 38.4 Å². The number of benzene rings is 1. The standard InChI is InChI=1S/C11H14N2/c12-8-13-7-9-5-10-3-1-2-4-11(10)6-9/h1-4,8-9H,5-7H2,(H2,12,13). The van der Waals surface area contributed by atoms with Gasteiger partial charge in [-0.25, -0.2) is 0 Å². The Morgan fingerprint density at radius 2 is 1.92 bits per heavy atom. The summed E-state index contributed by atoms with van der Waals surface area (Å²) < 4.78 is 0. The van der Waals surface area contributed by atoms with Crippen LogP contribution in [0.1, 0.15) is 11.1 Å². The van der Waals surface area contributed by atoms with Crippen LogP contribution in [0.2, 0.25) is 0 Å². The van der Waals surface area contributed by atoms with E-state index in [2.05, 4.69) is 29.3 Å². The Kier molecular flexibility index (Phi) is 2.30. The largest absolute Gasteiger partial charge is 0.390 e. The SMILES string of the molecule is NC=NCC1Cc2ccccc2C1. The normalized spacial score (nSPS) is 16.6. The second-order valence-electron chi connectivity index (χ2n) is 3.56. The number of hydrogen-bond acceptors (Lipinski definition) is 1. The highest BCUT2D eigenvalue weighted by Gasteiger charge is 2.19. The highest BCUT2D eigenvalue weighted by Crippen LogP contribution is 2.26. The van der Waals surface area contributed by atoms with Crippen molar-refractivity contribution < 1.29 is 0 Å². The molecule has 0 unspecified atom stereocenters. The van der Waals surface area contributed by atoms with Gasteiger partial charge in [0, 0.05) is 6.54 Å². The van der Waals surface area contributed by atoms with Crippen LogP contribution in [0.5, 0.6) is 0 Å². The first-order valence-electron chi connectivity index (χ1n) is 4.67. The Hall–Kier alpha value is -1.31. The summed E-state index contributed by atoms with van der Waals surface area (Å²) in [6.45, 7) is 0.866. The monoisotopic (exact) mass is 174 g/mol. The lowest BCUT2D eigenvalue weighted by molar-refractivity contribution is 0.577. The molecule has 2 nitrogen and oxygen atoms in total. The minimum Gasteiger partial charge on any atom is -0.390 e. The van der Waals surface area contributed by atoms with Gasteiger partial charge < -0.3 is 5.73 Å². The number of rotatable bonds is 2. The molecule has 13 heavy (non-hydrogen) atoms. The summed E-state index contributed by atoms with van der Waals surface area (Å²) in [6.07, 6.45) is 3.73. The van der Waals surface area contributed by atoms with Crippen molar-refractivity contribution in [1.82, 2.24) is 0 Å². The fourth-order valence-electron chi connectivity index (χ4n) is 1.99. The van der Waals surface area contributed by atoms with Crippen molar-refractivity contribution in [1.29, 1.82) is 0 Å². The van der Waals surface area contributed by atoms with Crippen molar-refractivity contribution in [2.75, 3.05) is 6.54 Å². The first-order valence-corrected chi connectivity index (χ1v) is 4.67. The molecule has 0 atom stereocenters. The van der Waals surface area contributed by atoms with Gasteiger partial charge in [0.05, 0.1) is 6.34 Å². The van der Waals surface area contributed by atoms with Gasteiger partial charge >= 0.3 is 0 Å². The predicted molar refractivity (Wildman–Crippen MR) is 54.9 cm³/mol. The van der Waals surface area contributed by atoms with Crippen LogP contribution in [0.4, 0.5) is 0 Å². The van der Waals surface area contributed by atoms with E-state index in [1.165, 1.54) is 17.5 Å². The molecule has 0 aliphatic heterocycles. The van der Waals surface area contributed by atoms with Gasteiger partial charge in [0.1, 0.15) is 0 Å². The van der Waals surface area contributed by atoms with Crippen LogP contribution < -0.4 is 5.73 Å². The van der Waals surface area contributed by atoms with Crippen molar-refractivity contribution in [2.45, 2.75) is 12.8 Å². The molecule has 1 aliphatic carbocycles. The number of fused-ring (bicyclic) bond motifs is 1. The molecular formula is C11H14N2. The van der Waals surface area contributed by atoms with E-state index in [4.69, 9.17) is 5.73 Å². The maximum atomic E-state index is 5.22. The maximum Gasteiger partial charge on any atom is 0.0797 e. The Morgan fingerprint density at radius 1 is 1.31 bits per heavy atom. The Morgan fingerprint density at radius 3 is 2.46 bits per heavy atom. The first kappa shape index (κ1) is 8.30. The lowest BCUT2D eigenvalue weighted by Crippen LogP contribution is -2.05. The molecule has 0 bridgehead atoms. The average Bonchev–Trinajstić information content (AvgIpc) is 2.57. The van der Waals surface area contributed by atoms with Crippen molar-refractivity contribution >= 4 is 6.34 Å². The number of nitrogens with two attached hydrogens (primary N) is 1. The molecule has 0 aromatic heterocycles. The van der Waals surface area contributed by atoms with E-state index >= 15 is 0 Å². The van der Waals surface area contributed by atoms with E-state index in [9.17, 15) is 0 Å². The zero-order chi connectivity index (χ0) is 9.10. The Labute approximate surface area is 78.5 Å². The van der Waals surface area contributed by atoms with Crippen LogP contribution in [-0.2, 0) is 12.8 Å². The van der Waals surface area contributed by atoms with Crippen LogP contribution >= 0.6 is 0 Å². The first-order chi connectivity index (χ1) is 6.40. The number of aliphatic imine (C=N–C) groups is 1. The summed E-state index contributed by atoms with van der Waals surface area (Å²) in [6, 6.07) is 8.63. The summed E-state index contributed by atoms with van der Waals surface area (Å²) in [5.74, 6) is 0.664. The number of nitrogens with zero attached hydrogens (tertiary/aromatic N) is 1. The fraction of sp³-hybridized carbons (Fsp3) is 0.364. The van der Waals surface area contributed by atoms with Crippen molar-refractivity contribution in [2.24, 2.45) is 16.6 Å². The van der Waals surface area contributed by atoms with Crippen LogP contribution in [0.15, 0.2) is 29.3 Å². The second-order valence-corrected chi connectivity index (χ2v) is 3.56. The third-order valence-electron chi connectivity index (χ3n) is 2.60. The minimum absolute atomic E-state index is 0.664. The molecule has 0 spiro atoms. The molecule has 68 valence electrons. The molecule has 2 N–H and O–H groups in total. The second kappa shape index (κ2) is 3.60. The van der Waals surface area contributed by atoms with E-state index in [-0.39, 0.29) is 0 Å². The summed E-state index contributed by atoms with van der Waals surface area (Å²) in [5.41, 5.74) is 8.19. The molecule has 0 fully saturated rings. The smallest absolute Gasteiger partial charge is 0.0797 e. The lowest BCUT2D eigenvalue weighted by atomic mass is 10.1. The van der Waals surface area contributed by atoms with E-state index in [1.54, 1.807) is 0 Å². The number of hydrogen-bond donors (Lipinski definition) is 1. The van der Waals surface area contributed by atoms with Crippen LogP contribution in [0, 0.1) is 5.92 Å². The molecule has 0 amide bonds. The Bertz CT molecular complexity index is 293. The molecule has 1 aromatic rings. The molecular weight excluding hydrogens is 160 g/mol. The highest BCUT2D eigenvalue weighted by molar-refractivity contribution is 5.51. The third kappa shape index (κ3) is 1.72. The summed E-state index contributed by atoms with van der Waals surface area (Å²) >= 11 is 0. The van der Waals surface area contributed by atoms with E-state index < -0.39 is 0 Å². The zero-order valence-electron chi connectivity index (χ0n) is 7.61. The van der Waals surface area contributed by atoms with Gasteiger partial charge in [0.25, 0.3) is 0 Å².